The molecule has 0 aromatic heterocycles. The summed E-state index contributed by atoms with van der Waals surface area (Å²) in [7, 11) is 1.59. The molecule has 110 valence electrons. The summed E-state index contributed by atoms with van der Waals surface area (Å²) in [5, 5.41) is 6.69. The molecule has 0 saturated heterocycles. The molecule has 0 saturated carbocycles. The SMILES string of the molecule is COc1cccc(NC(=O)CCNc2ccc(Cl)cc2)c1. The Morgan fingerprint density at radius 3 is 2.62 bits per heavy atom. The monoisotopic (exact) mass is 304 g/mol. The van der Waals surface area contributed by atoms with Crippen molar-refractivity contribution in [3.05, 3.63) is 53.6 Å². The molecular weight excluding hydrogens is 288 g/mol. The maximum absolute atomic E-state index is 11.8. The molecule has 4 nitrogen and oxygen atoms in total. The predicted octanol–water partition coefficient (Wildman–Crippen LogP) is 3.79. The Hall–Kier alpha value is -2.20. The third kappa shape index (κ3) is 5.00. The van der Waals surface area contributed by atoms with E-state index in [-0.39, 0.29) is 5.91 Å². The van der Waals surface area contributed by atoms with Crippen molar-refractivity contribution < 1.29 is 9.53 Å². The number of nitrogens with one attached hydrogen (secondary N) is 2. The van der Waals surface area contributed by atoms with Crippen LogP contribution in [-0.4, -0.2) is 19.6 Å². The zero-order valence-electron chi connectivity index (χ0n) is 11.7. The molecule has 0 fully saturated rings. The fraction of sp³-hybridized carbons (Fsp3) is 0.188. The molecule has 0 bridgehead atoms. The summed E-state index contributed by atoms with van der Waals surface area (Å²) in [5.41, 5.74) is 1.67. The van der Waals surface area contributed by atoms with E-state index in [1.54, 1.807) is 25.3 Å². The lowest BCUT2D eigenvalue weighted by molar-refractivity contribution is -0.115. The van der Waals surface area contributed by atoms with Gasteiger partial charge in [-0.15, -0.1) is 0 Å². The number of ether oxygens (including phenoxy) is 1. The number of hydrogen-bond donors (Lipinski definition) is 2. The second-order valence-electron chi connectivity index (χ2n) is 4.46. The van der Waals surface area contributed by atoms with E-state index in [0.29, 0.717) is 23.7 Å². The van der Waals surface area contributed by atoms with Crippen LogP contribution < -0.4 is 15.4 Å². The van der Waals surface area contributed by atoms with Gasteiger partial charge in [0.25, 0.3) is 0 Å². The second-order valence-corrected chi connectivity index (χ2v) is 4.90. The number of carbonyl (C=O) groups excluding carboxylic acids is 1. The number of rotatable bonds is 6. The predicted molar refractivity (Wildman–Crippen MR) is 86.2 cm³/mol. The number of anilines is 2. The van der Waals surface area contributed by atoms with Gasteiger partial charge in [-0.25, -0.2) is 0 Å². The van der Waals surface area contributed by atoms with Gasteiger partial charge in [0.1, 0.15) is 5.75 Å². The Morgan fingerprint density at radius 2 is 1.90 bits per heavy atom. The average molecular weight is 305 g/mol. The molecule has 2 aromatic rings. The first-order valence-electron chi connectivity index (χ1n) is 6.61. The molecule has 0 aliphatic rings. The topological polar surface area (TPSA) is 50.4 Å². The highest BCUT2D eigenvalue weighted by atomic mass is 35.5. The molecular formula is C16H17ClN2O2. The second kappa shape index (κ2) is 7.55. The summed E-state index contributed by atoms with van der Waals surface area (Å²) in [6, 6.07) is 14.6. The number of methoxy groups -OCH3 is 1. The van der Waals surface area contributed by atoms with Gasteiger partial charge in [-0.05, 0) is 36.4 Å². The van der Waals surface area contributed by atoms with Gasteiger partial charge in [-0.2, -0.15) is 0 Å². The van der Waals surface area contributed by atoms with Gasteiger partial charge in [0.2, 0.25) is 5.91 Å². The minimum absolute atomic E-state index is 0.0512. The normalized spacial score (nSPS) is 10.0. The number of carbonyl (C=O) groups is 1. The van der Waals surface area contributed by atoms with E-state index in [0.717, 1.165) is 11.4 Å². The largest absolute Gasteiger partial charge is 0.497 e. The first kappa shape index (κ1) is 15.2. The molecule has 0 atom stereocenters. The molecule has 21 heavy (non-hydrogen) atoms. The van der Waals surface area contributed by atoms with E-state index in [2.05, 4.69) is 10.6 Å². The number of halogens is 1. The molecule has 0 spiro atoms. The maximum Gasteiger partial charge on any atom is 0.226 e. The van der Waals surface area contributed by atoms with Gasteiger partial charge < -0.3 is 15.4 Å². The average Bonchev–Trinajstić information content (AvgIpc) is 2.49. The summed E-state index contributed by atoms with van der Waals surface area (Å²) in [6.07, 6.45) is 0.375. The smallest absolute Gasteiger partial charge is 0.226 e. The third-order valence-electron chi connectivity index (χ3n) is 2.88. The zero-order chi connectivity index (χ0) is 15.1. The van der Waals surface area contributed by atoms with Crippen molar-refractivity contribution in [2.75, 3.05) is 24.3 Å². The van der Waals surface area contributed by atoms with Crippen LogP contribution in [0.3, 0.4) is 0 Å². The zero-order valence-corrected chi connectivity index (χ0v) is 12.5. The minimum Gasteiger partial charge on any atom is -0.497 e. The minimum atomic E-state index is -0.0512. The van der Waals surface area contributed by atoms with Crippen LogP contribution in [0.2, 0.25) is 5.02 Å². The van der Waals surface area contributed by atoms with Crippen LogP contribution in [0.1, 0.15) is 6.42 Å². The molecule has 0 aliphatic carbocycles. The molecule has 2 aromatic carbocycles. The Balaban J connectivity index is 1.78. The van der Waals surface area contributed by atoms with Crippen LogP contribution in [0.15, 0.2) is 48.5 Å². The summed E-state index contributed by atoms with van der Waals surface area (Å²) < 4.78 is 5.11. The lowest BCUT2D eigenvalue weighted by Gasteiger charge is -2.08. The molecule has 1 amide bonds. The van der Waals surface area contributed by atoms with Crippen molar-refractivity contribution in [3.63, 3.8) is 0 Å². The van der Waals surface area contributed by atoms with Crippen molar-refractivity contribution in [1.29, 1.82) is 0 Å². The third-order valence-corrected chi connectivity index (χ3v) is 3.13. The van der Waals surface area contributed by atoms with Crippen LogP contribution in [0, 0.1) is 0 Å². The molecule has 2 rings (SSSR count). The van der Waals surface area contributed by atoms with Gasteiger partial charge in [0.05, 0.1) is 7.11 Å². The van der Waals surface area contributed by atoms with E-state index in [1.807, 2.05) is 30.3 Å². The number of hydrogen-bond acceptors (Lipinski definition) is 3. The highest BCUT2D eigenvalue weighted by Crippen LogP contribution is 2.17. The quantitative estimate of drug-likeness (QED) is 0.853. The molecule has 0 heterocycles. The Morgan fingerprint density at radius 1 is 1.14 bits per heavy atom. The Labute approximate surface area is 129 Å². The number of benzene rings is 2. The maximum atomic E-state index is 11.8. The Bertz CT molecular complexity index is 599. The van der Waals surface area contributed by atoms with E-state index >= 15 is 0 Å². The lowest BCUT2D eigenvalue weighted by Crippen LogP contribution is -2.16. The van der Waals surface area contributed by atoms with E-state index < -0.39 is 0 Å². The van der Waals surface area contributed by atoms with Gasteiger partial charge in [0, 0.05) is 35.4 Å². The first-order chi connectivity index (χ1) is 10.2. The van der Waals surface area contributed by atoms with E-state index in [4.69, 9.17) is 16.3 Å². The number of amides is 1. The molecule has 2 N–H and O–H groups in total. The van der Waals surface area contributed by atoms with Crippen molar-refractivity contribution in [2.45, 2.75) is 6.42 Å². The van der Waals surface area contributed by atoms with Crippen molar-refractivity contribution >= 4 is 28.9 Å². The van der Waals surface area contributed by atoms with Gasteiger partial charge in [-0.1, -0.05) is 17.7 Å². The van der Waals surface area contributed by atoms with Gasteiger partial charge >= 0.3 is 0 Å². The lowest BCUT2D eigenvalue weighted by atomic mass is 10.2. The van der Waals surface area contributed by atoms with Crippen LogP contribution >= 0.6 is 11.6 Å². The van der Waals surface area contributed by atoms with E-state index in [9.17, 15) is 4.79 Å². The summed E-state index contributed by atoms with van der Waals surface area (Å²) in [4.78, 5) is 11.8. The molecule has 5 heteroatoms. The van der Waals surface area contributed by atoms with Crippen LogP contribution in [-0.2, 0) is 4.79 Å². The van der Waals surface area contributed by atoms with Crippen molar-refractivity contribution in [3.8, 4) is 5.75 Å². The van der Waals surface area contributed by atoms with Crippen molar-refractivity contribution in [1.82, 2.24) is 0 Å². The van der Waals surface area contributed by atoms with Gasteiger partial charge in [-0.3, -0.25) is 4.79 Å². The highest BCUT2D eigenvalue weighted by Gasteiger charge is 2.03. The van der Waals surface area contributed by atoms with E-state index in [1.165, 1.54) is 0 Å². The summed E-state index contributed by atoms with van der Waals surface area (Å²) >= 11 is 5.81. The van der Waals surface area contributed by atoms with Crippen LogP contribution in [0.4, 0.5) is 11.4 Å². The summed E-state index contributed by atoms with van der Waals surface area (Å²) in [6.45, 7) is 0.553. The van der Waals surface area contributed by atoms with Crippen LogP contribution in [0.25, 0.3) is 0 Å². The fourth-order valence-electron chi connectivity index (χ4n) is 1.81. The molecule has 0 unspecified atom stereocenters. The molecule has 0 aliphatic heterocycles. The molecule has 0 radical (unpaired) electrons. The standard InChI is InChI=1S/C16H17ClN2O2/c1-21-15-4-2-3-14(11-15)19-16(20)9-10-18-13-7-5-12(17)6-8-13/h2-8,11,18H,9-10H2,1H3,(H,19,20). The van der Waals surface area contributed by atoms with Crippen LogP contribution in [0.5, 0.6) is 5.75 Å². The highest BCUT2D eigenvalue weighted by molar-refractivity contribution is 6.30. The fourth-order valence-corrected chi connectivity index (χ4v) is 1.94. The Kier molecular flexibility index (Phi) is 5.46. The first-order valence-corrected chi connectivity index (χ1v) is 6.98. The summed E-state index contributed by atoms with van der Waals surface area (Å²) in [5.74, 6) is 0.664. The van der Waals surface area contributed by atoms with Gasteiger partial charge in [0.15, 0.2) is 0 Å². The van der Waals surface area contributed by atoms with Crippen molar-refractivity contribution in [2.24, 2.45) is 0 Å².